The van der Waals surface area contributed by atoms with Crippen molar-refractivity contribution < 1.29 is 4.39 Å². The molecule has 0 amide bonds. The molecule has 0 spiro atoms. The van der Waals surface area contributed by atoms with Crippen LogP contribution in [-0.4, -0.2) is 31.1 Å². The summed E-state index contributed by atoms with van der Waals surface area (Å²) in [6.45, 7) is 2.12. The number of nitrogens with one attached hydrogen (secondary N) is 1. The summed E-state index contributed by atoms with van der Waals surface area (Å²) in [7, 11) is 2.01. The molecule has 2 fully saturated rings. The molecule has 1 saturated heterocycles. The van der Waals surface area contributed by atoms with Crippen LogP contribution in [0.15, 0.2) is 18.2 Å². The molecule has 2 atom stereocenters. The summed E-state index contributed by atoms with van der Waals surface area (Å²) in [5.74, 6) is 0.246. The lowest BCUT2D eigenvalue weighted by Crippen LogP contribution is -2.37. The summed E-state index contributed by atoms with van der Waals surface area (Å²) in [4.78, 5) is 2.62. The highest BCUT2D eigenvalue weighted by Crippen LogP contribution is 2.42. The molecule has 1 aliphatic heterocycles. The minimum atomic E-state index is -0.294. The second-order valence-electron chi connectivity index (χ2n) is 6.40. The van der Waals surface area contributed by atoms with E-state index in [1.54, 1.807) is 12.1 Å². The first-order valence-electron chi connectivity index (χ1n) is 8.06. The predicted octanol–water partition coefficient (Wildman–Crippen LogP) is 4.00. The Morgan fingerprint density at radius 3 is 2.76 bits per heavy atom. The molecule has 0 aromatic heterocycles. The fraction of sp³-hybridized carbons (Fsp3) is 0.647. The quantitative estimate of drug-likeness (QED) is 0.904. The first-order valence-corrected chi connectivity index (χ1v) is 8.44. The number of nitrogens with zero attached hydrogens (tertiary/aromatic N) is 1. The van der Waals surface area contributed by atoms with Crippen molar-refractivity contribution in [3.05, 3.63) is 34.6 Å². The second-order valence-corrected chi connectivity index (χ2v) is 6.81. The van der Waals surface area contributed by atoms with E-state index < -0.39 is 0 Å². The number of hydrogen-bond acceptors (Lipinski definition) is 2. The molecule has 1 aromatic carbocycles. The number of hydrogen-bond donors (Lipinski definition) is 1. The van der Waals surface area contributed by atoms with E-state index in [4.69, 9.17) is 11.6 Å². The van der Waals surface area contributed by atoms with Gasteiger partial charge in [-0.25, -0.2) is 4.39 Å². The van der Waals surface area contributed by atoms with Crippen LogP contribution < -0.4 is 5.32 Å². The van der Waals surface area contributed by atoms with Crippen LogP contribution in [0.5, 0.6) is 0 Å². The van der Waals surface area contributed by atoms with E-state index >= 15 is 0 Å². The van der Waals surface area contributed by atoms with Crippen LogP contribution in [-0.2, 0) is 0 Å². The monoisotopic (exact) mass is 310 g/mol. The summed E-state index contributed by atoms with van der Waals surface area (Å²) < 4.78 is 13.9. The summed E-state index contributed by atoms with van der Waals surface area (Å²) in [5, 5.41) is 3.54. The predicted molar refractivity (Wildman–Crippen MR) is 85.1 cm³/mol. The Morgan fingerprint density at radius 2 is 2.10 bits per heavy atom. The van der Waals surface area contributed by atoms with Crippen molar-refractivity contribution in [2.75, 3.05) is 20.1 Å². The molecular weight excluding hydrogens is 287 g/mol. The van der Waals surface area contributed by atoms with Gasteiger partial charge in [0, 0.05) is 12.1 Å². The molecule has 116 valence electrons. The molecule has 2 aliphatic rings. The normalized spacial score (nSPS) is 27.6. The zero-order valence-corrected chi connectivity index (χ0v) is 13.4. The molecule has 2 unspecified atom stereocenters. The molecule has 21 heavy (non-hydrogen) atoms. The van der Waals surface area contributed by atoms with E-state index in [0.717, 1.165) is 18.7 Å². The van der Waals surface area contributed by atoms with E-state index in [1.807, 2.05) is 13.1 Å². The number of likely N-dealkylation sites (tertiary alicyclic amines) is 1. The Balaban J connectivity index is 1.94. The van der Waals surface area contributed by atoms with E-state index in [-0.39, 0.29) is 10.8 Å². The van der Waals surface area contributed by atoms with Gasteiger partial charge in [0.15, 0.2) is 0 Å². The van der Waals surface area contributed by atoms with Crippen molar-refractivity contribution in [2.45, 2.75) is 44.2 Å². The Kier molecular flexibility index (Phi) is 4.82. The van der Waals surface area contributed by atoms with Gasteiger partial charge in [-0.2, -0.15) is 0 Å². The third-order valence-electron chi connectivity index (χ3n) is 4.81. The van der Waals surface area contributed by atoms with Crippen molar-refractivity contribution in [3.63, 3.8) is 0 Å². The van der Waals surface area contributed by atoms with Crippen LogP contribution in [0.4, 0.5) is 4.39 Å². The average Bonchev–Trinajstić information content (AvgIpc) is 3.28. The maximum absolute atomic E-state index is 13.9. The first kappa shape index (κ1) is 15.3. The van der Waals surface area contributed by atoms with Crippen molar-refractivity contribution in [3.8, 4) is 0 Å². The van der Waals surface area contributed by atoms with Crippen LogP contribution in [0, 0.1) is 11.7 Å². The largest absolute Gasteiger partial charge is 0.319 e. The molecule has 0 bridgehead atoms. The number of benzene rings is 1. The van der Waals surface area contributed by atoms with Crippen molar-refractivity contribution in [1.82, 2.24) is 10.2 Å². The van der Waals surface area contributed by atoms with Gasteiger partial charge in [-0.3, -0.25) is 4.90 Å². The molecule has 1 saturated carbocycles. The highest BCUT2D eigenvalue weighted by Gasteiger charge is 2.39. The van der Waals surface area contributed by atoms with Crippen molar-refractivity contribution >= 4 is 11.6 Å². The highest BCUT2D eigenvalue weighted by atomic mass is 35.5. The van der Waals surface area contributed by atoms with Crippen LogP contribution in [0.3, 0.4) is 0 Å². The maximum atomic E-state index is 13.9. The molecule has 4 heteroatoms. The van der Waals surface area contributed by atoms with Gasteiger partial charge in [-0.15, -0.1) is 0 Å². The van der Waals surface area contributed by atoms with Gasteiger partial charge in [0.25, 0.3) is 0 Å². The average molecular weight is 311 g/mol. The van der Waals surface area contributed by atoms with E-state index in [0.29, 0.717) is 18.0 Å². The highest BCUT2D eigenvalue weighted by molar-refractivity contribution is 6.30. The van der Waals surface area contributed by atoms with Crippen LogP contribution in [0.2, 0.25) is 5.02 Å². The van der Waals surface area contributed by atoms with Gasteiger partial charge in [0.05, 0.1) is 5.02 Å². The van der Waals surface area contributed by atoms with Gasteiger partial charge in [-0.05, 0) is 69.4 Å². The van der Waals surface area contributed by atoms with Gasteiger partial charge in [-0.1, -0.05) is 24.1 Å². The lowest BCUT2D eigenvalue weighted by Gasteiger charge is -2.36. The molecule has 1 aromatic rings. The van der Waals surface area contributed by atoms with Crippen molar-refractivity contribution in [1.29, 1.82) is 0 Å². The number of rotatable bonds is 4. The van der Waals surface area contributed by atoms with Crippen molar-refractivity contribution in [2.24, 2.45) is 5.92 Å². The minimum absolute atomic E-state index is 0.218. The van der Waals surface area contributed by atoms with Gasteiger partial charge < -0.3 is 5.32 Å². The number of halogens is 2. The molecule has 3 rings (SSSR count). The molecular formula is C17H24ClFN2. The van der Waals surface area contributed by atoms with Gasteiger partial charge in [0.1, 0.15) is 5.82 Å². The fourth-order valence-electron chi connectivity index (χ4n) is 3.72. The zero-order chi connectivity index (χ0) is 14.8. The first-order chi connectivity index (χ1) is 10.2. The lowest BCUT2D eigenvalue weighted by molar-refractivity contribution is 0.145. The second kappa shape index (κ2) is 6.64. The molecule has 1 N–H and O–H groups in total. The molecule has 2 nitrogen and oxygen atoms in total. The van der Waals surface area contributed by atoms with Gasteiger partial charge in [0.2, 0.25) is 0 Å². The van der Waals surface area contributed by atoms with E-state index in [1.165, 1.54) is 32.1 Å². The standard InChI is InChI=1S/C17H24ClFN2/c1-20-11-13-4-2-3-9-21(14-6-7-14)17(13)12-5-8-15(18)16(19)10-12/h5,8,10,13-14,17,20H,2-4,6-7,9,11H2,1H3. The lowest BCUT2D eigenvalue weighted by atomic mass is 9.89. The van der Waals surface area contributed by atoms with Crippen LogP contribution in [0.25, 0.3) is 0 Å². The summed E-state index contributed by atoms with van der Waals surface area (Å²) in [6, 6.07) is 6.39. The third-order valence-corrected chi connectivity index (χ3v) is 5.12. The minimum Gasteiger partial charge on any atom is -0.319 e. The third kappa shape index (κ3) is 3.41. The Bertz CT molecular complexity index is 490. The summed E-state index contributed by atoms with van der Waals surface area (Å²) >= 11 is 5.86. The van der Waals surface area contributed by atoms with E-state index in [2.05, 4.69) is 10.2 Å². The van der Waals surface area contributed by atoms with E-state index in [9.17, 15) is 4.39 Å². The Labute approximate surface area is 131 Å². The SMILES string of the molecule is CNCC1CCCCN(C2CC2)C1c1ccc(Cl)c(F)c1. The van der Waals surface area contributed by atoms with Gasteiger partial charge >= 0.3 is 0 Å². The molecule has 1 aliphatic carbocycles. The Morgan fingerprint density at radius 1 is 1.29 bits per heavy atom. The molecule has 0 radical (unpaired) electrons. The smallest absolute Gasteiger partial charge is 0.142 e. The fourth-order valence-corrected chi connectivity index (χ4v) is 3.84. The summed E-state index contributed by atoms with van der Waals surface area (Å²) in [6.07, 6.45) is 6.31. The van der Waals surface area contributed by atoms with Crippen LogP contribution >= 0.6 is 11.6 Å². The van der Waals surface area contributed by atoms with Crippen LogP contribution in [0.1, 0.15) is 43.7 Å². The Hall–Kier alpha value is -0.640. The molecule has 1 heterocycles. The topological polar surface area (TPSA) is 15.3 Å². The maximum Gasteiger partial charge on any atom is 0.142 e. The summed E-state index contributed by atoms with van der Waals surface area (Å²) in [5.41, 5.74) is 1.09. The zero-order valence-electron chi connectivity index (χ0n) is 12.6.